The normalized spacial score (nSPS) is 16.4. The highest BCUT2D eigenvalue weighted by molar-refractivity contribution is 5.92. The second kappa shape index (κ2) is 5.48. The maximum atomic E-state index is 12.0. The lowest BCUT2D eigenvalue weighted by atomic mass is 9.90. The van der Waals surface area contributed by atoms with Crippen molar-refractivity contribution in [2.75, 3.05) is 34.0 Å². The summed E-state index contributed by atoms with van der Waals surface area (Å²) < 4.78 is 20.7. The summed E-state index contributed by atoms with van der Waals surface area (Å²) in [5.74, 6) is 0.680. The van der Waals surface area contributed by atoms with E-state index < -0.39 is 5.97 Å². The summed E-state index contributed by atoms with van der Waals surface area (Å²) in [6.45, 7) is 3.62. The van der Waals surface area contributed by atoms with Crippen molar-refractivity contribution in [2.24, 2.45) is 5.41 Å². The van der Waals surface area contributed by atoms with Gasteiger partial charge in [0.2, 0.25) is 0 Å². The first-order valence-electron chi connectivity index (χ1n) is 6.05. The molecule has 5 nitrogen and oxygen atoms in total. The van der Waals surface area contributed by atoms with Crippen LogP contribution in [-0.2, 0) is 9.47 Å². The molecule has 0 spiro atoms. The summed E-state index contributed by atoms with van der Waals surface area (Å²) in [4.78, 5) is 12.0. The highest BCUT2D eigenvalue weighted by Gasteiger charge is 2.35. The number of carbonyl (C=O) groups is 1. The van der Waals surface area contributed by atoms with Gasteiger partial charge in [-0.15, -0.1) is 0 Å². The Morgan fingerprint density at radius 2 is 2.05 bits per heavy atom. The number of benzene rings is 1. The fourth-order valence-corrected chi connectivity index (χ4v) is 1.82. The third-order valence-corrected chi connectivity index (χ3v) is 3.08. The second-order valence-corrected chi connectivity index (χ2v) is 4.95. The van der Waals surface area contributed by atoms with Crippen LogP contribution in [-0.4, -0.2) is 40.0 Å². The van der Waals surface area contributed by atoms with E-state index in [0.717, 1.165) is 0 Å². The lowest BCUT2D eigenvalue weighted by Gasteiger charge is -2.37. The van der Waals surface area contributed by atoms with Gasteiger partial charge in [-0.3, -0.25) is 0 Å². The molecule has 1 aromatic carbocycles. The van der Waals surface area contributed by atoms with Crippen LogP contribution in [0.5, 0.6) is 11.5 Å². The van der Waals surface area contributed by atoms with Crippen LogP contribution in [0.2, 0.25) is 0 Å². The van der Waals surface area contributed by atoms with Crippen LogP contribution < -0.4 is 9.47 Å². The summed E-state index contributed by atoms with van der Waals surface area (Å²) in [6.07, 6.45) is 0. The topological polar surface area (TPSA) is 54.0 Å². The van der Waals surface area contributed by atoms with Gasteiger partial charge in [0, 0.05) is 11.5 Å². The van der Waals surface area contributed by atoms with E-state index in [4.69, 9.17) is 18.9 Å². The molecular formula is C14H18O5. The Hall–Kier alpha value is -1.75. The van der Waals surface area contributed by atoms with Crippen molar-refractivity contribution in [1.29, 1.82) is 0 Å². The van der Waals surface area contributed by atoms with Crippen molar-refractivity contribution in [1.82, 2.24) is 0 Å². The Labute approximate surface area is 112 Å². The highest BCUT2D eigenvalue weighted by Crippen LogP contribution is 2.29. The molecule has 0 radical (unpaired) electrons. The van der Waals surface area contributed by atoms with Gasteiger partial charge in [0.25, 0.3) is 0 Å². The molecule has 2 rings (SSSR count). The van der Waals surface area contributed by atoms with Gasteiger partial charge in [0.1, 0.15) is 23.7 Å². The minimum absolute atomic E-state index is 0.0602. The number of rotatable bonds is 5. The highest BCUT2D eigenvalue weighted by atomic mass is 16.5. The first kappa shape index (κ1) is 13.7. The standard InChI is InChI=1S/C14H18O5/c1-14(7-18-8-14)9-19-13(15)11-5-4-10(16-2)6-12(11)17-3/h4-6H,7-9H2,1-3H3. The number of hydrogen-bond acceptors (Lipinski definition) is 5. The zero-order valence-corrected chi connectivity index (χ0v) is 11.4. The van der Waals surface area contributed by atoms with E-state index in [1.807, 2.05) is 6.92 Å². The Morgan fingerprint density at radius 3 is 2.58 bits per heavy atom. The third-order valence-electron chi connectivity index (χ3n) is 3.08. The van der Waals surface area contributed by atoms with E-state index in [0.29, 0.717) is 36.9 Å². The number of carbonyl (C=O) groups excluding carboxylic acids is 1. The Bertz CT molecular complexity index is 465. The largest absolute Gasteiger partial charge is 0.497 e. The molecule has 104 valence electrons. The van der Waals surface area contributed by atoms with Crippen LogP contribution in [0.3, 0.4) is 0 Å². The number of hydrogen-bond donors (Lipinski definition) is 0. The van der Waals surface area contributed by atoms with Crippen molar-refractivity contribution in [3.05, 3.63) is 23.8 Å². The minimum Gasteiger partial charge on any atom is -0.497 e. The summed E-state index contributed by atoms with van der Waals surface area (Å²) in [5.41, 5.74) is 0.335. The van der Waals surface area contributed by atoms with Gasteiger partial charge in [0.15, 0.2) is 0 Å². The molecule has 19 heavy (non-hydrogen) atoms. The average Bonchev–Trinajstić information content (AvgIpc) is 2.41. The fourth-order valence-electron chi connectivity index (χ4n) is 1.82. The Kier molecular flexibility index (Phi) is 3.95. The van der Waals surface area contributed by atoms with Crippen molar-refractivity contribution in [3.63, 3.8) is 0 Å². The van der Waals surface area contributed by atoms with Gasteiger partial charge in [-0.2, -0.15) is 0 Å². The molecule has 5 heteroatoms. The SMILES string of the molecule is COc1ccc(C(=O)OCC2(C)COC2)c(OC)c1. The molecule has 1 saturated heterocycles. The molecular weight excluding hydrogens is 248 g/mol. The summed E-state index contributed by atoms with van der Waals surface area (Å²) in [7, 11) is 3.07. The Morgan fingerprint density at radius 1 is 1.32 bits per heavy atom. The smallest absolute Gasteiger partial charge is 0.341 e. The van der Waals surface area contributed by atoms with E-state index in [9.17, 15) is 4.79 Å². The summed E-state index contributed by atoms with van der Waals surface area (Å²) in [6, 6.07) is 5.00. The summed E-state index contributed by atoms with van der Waals surface area (Å²) in [5, 5.41) is 0. The van der Waals surface area contributed by atoms with Gasteiger partial charge in [-0.05, 0) is 12.1 Å². The van der Waals surface area contributed by atoms with Gasteiger partial charge in [-0.25, -0.2) is 4.79 Å². The monoisotopic (exact) mass is 266 g/mol. The van der Waals surface area contributed by atoms with E-state index in [1.165, 1.54) is 7.11 Å². The first-order valence-corrected chi connectivity index (χ1v) is 6.05. The van der Waals surface area contributed by atoms with Gasteiger partial charge in [0.05, 0.1) is 27.4 Å². The third kappa shape index (κ3) is 2.98. The molecule has 0 unspecified atom stereocenters. The molecule has 0 saturated carbocycles. The fraction of sp³-hybridized carbons (Fsp3) is 0.500. The number of ether oxygens (including phenoxy) is 4. The minimum atomic E-state index is -0.396. The van der Waals surface area contributed by atoms with Crippen molar-refractivity contribution in [3.8, 4) is 11.5 Å². The molecule has 1 fully saturated rings. The average molecular weight is 266 g/mol. The van der Waals surface area contributed by atoms with E-state index >= 15 is 0 Å². The van der Waals surface area contributed by atoms with Gasteiger partial charge < -0.3 is 18.9 Å². The van der Waals surface area contributed by atoms with E-state index in [-0.39, 0.29) is 5.41 Å². The molecule has 0 aromatic heterocycles. The van der Waals surface area contributed by atoms with Crippen LogP contribution in [0.15, 0.2) is 18.2 Å². The first-order chi connectivity index (χ1) is 9.08. The van der Waals surface area contributed by atoms with Crippen LogP contribution in [0.4, 0.5) is 0 Å². The molecule has 1 aliphatic heterocycles. The number of methoxy groups -OCH3 is 2. The molecule has 0 N–H and O–H groups in total. The Balaban J connectivity index is 2.05. The maximum Gasteiger partial charge on any atom is 0.341 e. The maximum absolute atomic E-state index is 12.0. The zero-order valence-electron chi connectivity index (χ0n) is 11.4. The zero-order chi connectivity index (χ0) is 13.9. The molecule has 1 aromatic rings. The molecule has 0 aliphatic carbocycles. The second-order valence-electron chi connectivity index (χ2n) is 4.95. The molecule has 1 aliphatic rings. The molecule has 0 atom stereocenters. The van der Waals surface area contributed by atoms with E-state index in [2.05, 4.69) is 0 Å². The van der Waals surface area contributed by atoms with Gasteiger partial charge >= 0.3 is 5.97 Å². The van der Waals surface area contributed by atoms with E-state index in [1.54, 1.807) is 25.3 Å². The lowest BCUT2D eigenvalue weighted by molar-refractivity contribution is -0.127. The molecule has 0 amide bonds. The molecule has 0 bridgehead atoms. The van der Waals surface area contributed by atoms with Crippen LogP contribution in [0, 0.1) is 5.41 Å². The number of esters is 1. The predicted molar refractivity (Wildman–Crippen MR) is 68.8 cm³/mol. The van der Waals surface area contributed by atoms with Crippen LogP contribution >= 0.6 is 0 Å². The van der Waals surface area contributed by atoms with Crippen LogP contribution in [0.1, 0.15) is 17.3 Å². The van der Waals surface area contributed by atoms with Gasteiger partial charge in [-0.1, -0.05) is 6.92 Å². The molecule has 1 heterocycles. The van der Waals surface area contributed by atoms with Crippen molar-refractivity contribution >= 4 is 5.97 Å². The van der Waals surface area contributed by atoms with Crippen LogP contribution in [0.25, 0.3) is 0 Å². The van der Waals surface area contributed by atoms with Crippen molar-refractivity contribution < 1.29 is 23.7 Å². The quantitative estimate of drug-likeness (QED) is 0.762. The van der Waals surface area contributed by atoms with Crippen molar-refractivity contribution in [2.45, 2.75) is 6.92 Å². The predicted octanol–water partition coefficient (Wildman–Crippen LogP) is 1.90. The lowest BCUT2D eigenvalue weighted by Crippen LogP contribution is -2.44. The summed E-state index contributed by atoms with van der Waals surface area (Å²) >= 11 is 0.